The zero-order chi connectivity index (χ0) is 23.0. The van der Waals surface area contributed by atoms with Crippen LogP contribution in [0.1, 0.15) is 15.9 Å². The lowest BCUT2D eigenvalue weighted by atomic mass is 10.1. The van der Waals surface area contributed by atoms with E-state index in [1.165, 1.54) is 6.20 Å². The van der Waals surface area contributed by atoms with Gasteiger partial charge in [-0.3, -0.25) is 19.6 Å². The number of aryl methyl sites for hydroxylation is 1. The van der Waals surface area contributed by atoms with Crippen molar-refractivity contribution in [1.82, 2.24) is 19.2 Å². The Bertz CT molecular complexity index is 1150. The van der Waals surface area contributed by atoms with Gasteiger partial charge in [0.15, 0.2) is 0 Å². The summed E-state index contributed by atoms with van der Waals surface area (Å²) in [7, 11) is 1.73. The monoisotopic (exact) mass is 448 g/mol. The van der Waals surface area contributed by atoms with E-state index >= 15 is 0 Å². The second-order valence-corrected chi connectivity index (χ2v) is 7.33. The third-order valence-electron chi connectivity index (χ3n) is 5.39. The first-order valence-electron chi connectivity index (χ1n) is 9.72. The summed E-state index contributed by atoms with van der Waals surface area (Å²) in [5.41, 5.74) is -1.17. The number of alkyl halides is 3. The molecule has 0 aliphatic carbocycles. The van der Waals surface area contributed by atoms with E-state index in [1.807, 2.05) is 12.1 Å². The zero-order valence-corrected chi connectivity index (χ0v) is 17.0. The van der Waals surface area contributed by atoms with E-state index in [9.17, 15) is 28.1 Å². The van der Waals surface area contributed by atoms with Crippen molar-refractivity contribution in [3.63, 3.8) is 0 Å². The highest BCUT2D eigenvalue weighted by Crippen LogP contribution is 2.36. The molecule has 0 N–H and O–H groups in total. The molecule has 1 aliphatic heterocycles. The molecular formula is C20H19F3N6O3. The van der Waals surface area contributed by atoms with Gasteiger partial charge in [0, 0.05) is 51.7 Å². The molecule has 3 aromatic rings. The first-order chi connectivity index (χ1) is 15.2. The number of nitro groups is 1. The Kier molecular flexibility index (Phi) is 5.36. The summed E-state index contributed by atoms with van der Waals surface area (Å²) in [5, 5.41) is 15.6. The van der Waals surface area contributed by atoms with Crippen LogP contribution >= 0.6 is 0 Å². The average molecular weight is 448 g/mol. The molecule has 1 saturated heterocycles. The second kappa shape index (κ2) is 8.02. The van der Waals surface area contributed by atoms with Crippen LogP contribution in [0.5, 0.6) is 0 Å². The Morgan fingerprint density at radius 2 is 1.78 bits per heavy atom. The maximum Gasteiger partial charge on any atom is 0.416 e. The number of rotatable bonds is 4. The van der Waals surface area contributed by atoms with Crippen LogP contribution in [0.2, 0.25) is 0 Å². The molecular weight excluding hydrogens is 429 g/mol. The SMILES string of the molecule is Cn1ncc(C(=O)N2CCN(c3ccc(C(F)(F)F)cc3[N+](=O)[O-])CC2)c1-n1cccc1. The number of hydrogen-bond acceptors (Lipinski definition) is 5. The van der Waals surface area contributed by atoms with Gasteiger partial charge in [0.1, 0.15) is 17.1 Å². The second-order valence-electron chi connectivity index (χ2n) is 7.33. The largest absolute Gasteiger partial charge is 0.416 e. The molecule has 1 fully saturated rings. The van der Waals surface area contributed by atoms with Gasteiger partial charge in [0.05, 0.1) is 16.7 Å². The van der Waals surface area contributed by atoms with E-state index in [1.54, 1.807) is 38.5 Å². The summed E-state index contributed by atoms with van der Waals surface area (Å²) in [4.78, 5) is 26.9. The van der Waals surface area contributed by atoms with Crippen molar-refractivity contribution >= 4 is 17.3 Å². The van der Waals surface area contributed by atoms with Crippen LogP contribution in [0.15, 0.2) is 48.9 Å². The molecule has 9 nitrogen and oxygen atoms in total. The molecule has 0 unspecified atom stereocenters. The topological polar surface area (TPSA) is 89.4 Å². The first-order valence-corrected chi connectivity index (χ1v) is 9.72. The summed E-state index contributed by atoms with van der Waals surface area (Å²) in [6.07, 6.45) is 0.422. The van der Waals surface area contributed by atoms with Crippen molar-refractivity contribution in [3.8, 4) is 5.82 Å². The van der Waals surface area contributed by atoms with Gasteiger partial charge in [0.25, 0.3) is 11.6 Å². The minimum Gasteiger partial charge on any atom is -0.362 e. The highest BCUT2D eigenvalue weighted by atomic mass is 19.4. The molecule has 0 radical (unpaired) electrons. The van der Waals surface area contributed by atoms with Gasteiger partial charge in [0.2, 0.25) is 0 Å². The number of nitrogens with zero attached hydrogens (tertiary/aromatic N) is 6. The van der Waals surface area contributed by atoms with E-state index in [2.05, 4.69) is 5.10 Å². The maximum atomic E-state index is 13.1. The van der Waals surface area contributed by atoms with Crippen LogP contribution in [0.25, 0.3) is 5.82 Å². The van der Waals surface area contributed by atoms with Crippen molar-refractivity contribution < 1.29 is 22.9 Å². The third kappa shape index (κ3) is 3.90. The zero-order valence-electron chi connectivity index (χ0n) is 17.0. The standard InChI is InChI=1S/C20H19F3N6O3/c1-25-18(27-6-2-3-7-27)15(13-24-25)19(30)28-10-8-26(9-11-28)16-5-4-14(20(21,22)23)12-17(16)29(31)32/h2-7,12-13H,8-11H2,1H3. The molecule has 1 aromatic carbocycles. The molecule has 3 heterocycles. The highest BCUT2D eigenvalue weighted by Gasteiger charge is 2.35. The van der Waals surface area contributed by atoms with Gasteiger partial charge in [-0.15, -0.1) is 0 Å². The van der Waals surface area contributed by atoms with Crippen molar-refractivity contribution in [2.75, 3.05) is 31.1 Å². The van der Waals surface area contributed by atoms with Crippen molar-refractivity contribution in [2.45, 2.75) is 6.18 Å². The van der Waals surface area contributed by atoms with Crippen LogP contribution in [-0.4, -0.2) is 56.3 Å². The van der Waals surface area contributed by atoms with Crippen LogP contribution in [0.3, 0.4) is 0 Å². The van der Waals surface area contributed by atoms with E-state index in [0.717, 1.165) is 12.1 Å². The normalized spacial score (nSPS) is 14.6. The summed E-state index contributed by atoms with van der Waals surface area (Å²) in [6, 6.07) is 6.16. The Hall–Kier alpha value is -3.83. The third-order valence-corrected chi connectivity index (χ3v) is 5.39. The van der Waals surface area contributed by atoms with Crippen molar-refractivity contribution in [2.24, 2.45) is 7.05 Å². The smallest absolute Gasteiger partial charge is 0.362 e. The predicted octanol–water partition coefficient (Wildman–Crippen LogP) is 3.10. The molecule has 0 saturated carbocycles. The lowest BCUT2D eigenvalue weighted by molar-refractivity contribution is -0.384. The fourth-order valence-corrected chi connectivity index (χ4v) is 3.80. The number of hydrogen-bond donors (Lipinski definition) is 0. The number of carbonyl (C=O) groups is 1. The molecule has 4 rings (SSSR count). The Balaban J connectivity index is 1.52. The van der Waals surface area contributed by atoms with E-state index < -0.39 is 22.4 Å². The number of carbonyl (C=O) groups excluding carboxylic acids is 1. The molecule has 2 aromatic heterocycles. The fourth-order valence-electron chi connectivity index (χ4n) is 3.80. The number of aromatic nitrogens is 3. The minimum atomic E-state index is -4.67. The van der Waals surface area contributed by atoms with Crippen molar-refractivity contribution in [3.05, 3.63) is 70.2 Å². The number of piperazine rings is 1. The summed E-state index contributed by atoms with van der Waals surface area (Å²) >= 11 is 0. The molecule has 0 bridgehead atoms. The number of nitro benzene ring substituents is 1. The lowest BCUT2D eigenvalue weighted by Gasteiger charge is -2.35. The van der Waals surface area contributed by atoms with Gasteiger partial charge >= 0.3 is 6.18 Å². The van der Waals surface area contributed by atoms with Gasteiger partial charge in [-0.1, -0.05) is 0 Å². The number of benzene rings is 1. The van der Waals surface area contributed by atoms with Crippen LogP contribution in [-0.2, 0) is 13.2 Å². The number of halogens is 3. The molecule has 168 valence electrons. The molecule has 0 atom stereocenters. The minimum absolute atomic E-state index is 0.101. The number of amides is 1. The van der Waals surface area contributed by atoms with Gasteiger partial charge in [-0.25, -0.2) is 0 Å². The predicted molar refractivity (Wildman–Crippen MR) is 109 cm³/mol. The van der Waals surface area contributed by atoms with Crippen LogP contribution < -0.4 is 4.90 Å². The maximum absolute atomic E-state index is 13.1. The van der Waals surface area contributed by atoms with Gasteiger partial charge < -0.3 is 14.4 Å². The Morgan fingerprint density at radius 1 is 1.12 bits per heavy atom. The first kappa shape index (κ1) is 21.4. The van der Waals surface area contributed by atoms with Crippen LogP contribution in [0.4, 0.5) is 24.5 Å². The summed E-state index contributed by atoms with van der Waals surface area (Å²) < 4.78 is 42.2. The summed E-state index contributed by atoms with van der Waals surface area (Å²) in [6.45, 7) is 1.02. The Labute approximate surface area is 180 Å². The quantitative estimate of drug-likeness (QED) is 0.452. The molecule has 1 aliphatic rings. The van der Waals surface area contributed by atoms with Crippen LogP contribution in [0, 0.1) is 10.1 Å². The molecule has 32 heavy (non-hydrogen) atoms. The highest BCUT2D eigenvalue weighted by molar-refractivity contribution is 5.97. The van der Waals surface area contributed by atoms with Crippen molar-refractivity contribution in [1.29, 1.82) is 0 Å². The Morgan fingerprint density at radius 3 is 2.38 bits per heavy atom. The van der Waals surface area contributed by atoms with E-state index in [-0.39, 0.29) is 37.8 Å². The van der Waals surface area contributed by atoms with E-state index in [0.29, 0.717) is 17.4 Å². The molecule has 0 spiro atoms. The average Bonchev–Trinajstić information content (AvgIpc) is 3.41. The summed E-state index contributed by atoms with van der Waals surface area (Å²) in [5.74, 6) is 0.379. The number of anilines is 1. The fraction of sp³-hybridized carbons (Fsp3) is 0.300. The van der Waals surface area contributed by atoms with E-state index in [4.69, 9.17) is 0 Å². The van der Waals surface area contributed by atoms with Gasteiger partial charge in [-0.05, 0) is 24.3 Å². The molecule has 12 heteroatoms. The van der Waals surface area contributed by atoms with Gasteiger partial charge in [-0.2, -0.15) is 18.3 Å². The lowest BCUT2D eigenvalue weighted by Crippen LogP contribution is -2.49. The molecule has 1 amide bonds.